The highest BCUT2D eigenvalue weighted by Gasteiger charge is 2.17. The molecule has 9 heteroatoms. The highest BCUT2D eigenvalue weighted by molar-refractivity contribution is 7.99. The van der Waals surface area contributed by atoms with Crippen molar-refractivity contribution in [3.8, 4) is 17.2 Å². The standard InChI is InChI=1S/C25H23ClN4O3S/c1-32-20-11-12-21(22(15-20)33-2)27-24(31)16-34-25-29-28-23(13-17-7-4-3-5-8-17)30(25)19-10-6-9-18(26)14-19/h3-12,14-15H,13,16H2,1-2H3,(H,27,31). The lowest BCUT2D eigenvalue weighted by Gasteiger charge is -2.12. The summed E-state index contributed by atoms with van der Waals surface area (Å²) in [6.07, 6.45) is 0.593. The lowest BCUT2D eigenvalue weighted by molar-refractivity contribution is -0.113. The molecule has 4 rings (SSSR count). The number of nitrogens with zero attached hydrogens (tertiary/aromatic N) is 3. The van der Waals surface area contributed by atoms with Crippen LogP contribution in [0.2, 0.25) is 5.02 Å². The van der Waals surface area contributed by atoms with E-state index in [1.807, 2.05) is 59.2 Å². The Bertz CT molecular complexity index is 1280. The zero-order valence-electron chi connectivity index (χ0n) is 18.7. The zero-order valence-corrected chi connectivity index (χ0v) is 20.3. The summed E-state index contributed by atoms with van der Waals surface area (Å²) < 4.78 is 12.5. The molecule has 0 aliphatic carbocycles. The molecule has 34 heavy (non-hydrogen) atoms. The van der Waals surface area contributed by atoms with Gasteiger partial charge in [-0.3, -0.25) is 9.36 Å². The van der Waals surface area contributed by atoms with Crippen molar-refractivity contribution in [2.75, 3.05) is 25.3 Å². The molecule has 7 nitrogen and oxygen atoms in total. The van der Waals surface area contributed by atoms with Crippen LogP contribution in [-0.4, -0.2) is 40.6 Å². The first-order valence-electron chi connectivity index (χ1n) is 10.5. The van der Waals surface area contributed by atoms with Crippen LogP contribution in [0.25, 0.3) is 5.69 Å². The Hall–Kier alpha value is -3.49. The number of anilines is 1. The largest absolute Gasteiger partial charge is 0.497 e. The molecule has 1 N–H and O–H groups in total. The second-order valence-electron chi connectivity index (χ2n) is 7.28. The summed E-state index contributed by atoms with van der Waals surface area (Å²) in [6, 6.07) is 22.7. The van der Waals surface area contributed by atoms with Crippen LogP contribution in [0, 0.1) is 0 Å². The predicted molar refractivity (Wildman–Crippen MR) is 135 cm³/mol. The van der Waals surface area contributed by atoms with Gasteiger partial charge in [0.25, 0.3) is 0 Å². The lowest BCUT2D eigenvalue weighted by atomic mass is 10.1. The Balaban J connectivity index is 1.54. The molecule has 0 aliphatic rings. The van der Waals surface area contributed by atoms with Crippen LogP contribution < -0.4 is 14.8 Å². The average Bonchev–Trinajstić information content (AvgIpc) is 3.26. The summed E-state index contributed by atoms with van der Waals surface area (Å²) in [5, 5.41) is 12.9. The van der Waals surface area contributed by atoms with Crippen LogP contribution in [0.1, 0.15) is 11.4 Å². The first-order valence-corrected chi connectivity index (χ1v) is 11.8. The fraction of sp³-hybridized carbons (Fsp3) is 0.160. The molecule has 1 amide bonds. The van der Waals surface area contributed by atoms with Gasteiger partial charge >= 0.3 is 0 Å². The maximum atomic E-state index is 12.7. The second kappa shape index (κ2) is 11.1. The molecular formula is C25H23ClN4O3S. The first-order chi connectivity index (χ1) is 16.6. The summed E-state index contributed by atoms with van der Waals surface area (Å²) in [5.74, 6) is 1.86. The number of rotatable bonds is 9. The highest BCUT2D eigenvalue weighted by Crippen LogP contribution is 2.30. The molecule has 3 aromatic carbocycles. The Labute approximate surface area is 207 Å². The van der Waals surface area contributed by atoms with E-state index >= 15 is 0 Å². The van der Waals surface area contributed by atoms with E-state index in [0.29, 0.717) is 33.8 Å². The molecule has 4 aromatic rings. The average molecular weight is 495 g/mol. The second-order valence-corrected chi connectivity index (χ2v) is 8.66. The van der Waals surface area contributed by atoms with Crippen LogP contribution in [0.5, 0.6) is 11.5 Å². The third-order valence-electron chi connectivity index (χ3n) is 4.99. The molecule has 0 spiro atoms. The van der Waals surface area contributed by atoms with Crippen molar-refractivity contribution in [1.82, 2.24) is 14.8 Å². The molecule has 0 saturated heterocycles. The van der Waals surface area contributed by atoms with Gasteiger partial charge in [0.2, 0.25) is 5.91 Å². The molecule has 0 bridgehead atoms. The topological polar surface area (TPSA) is 78.3 Å². The SMILES string of the molecule is COc1ccc(NC(=O)CSc2nnc(Cc3ccccc3)n2-c2cccc(Cl)c2)c(OC)c1. The summed E-state index contributed by atoms with van der Waals surface area (Å²) >= 11 is 7.55. The van der Waals surface area contributed by atoms with Crippen LogP contribution in [0.15, 0.2) is 78.0 Å². The lowest BCUT2D eigenvalue weighted by Crippen LogP contribution is -2.15. The van der Waals surface area contributed by atoms with Crippen molar-refractivity contribution in [2.24, 2.45) is 0 Å². The van der Waals surface area contributed by atoms with Gasteiger partial charge in [0.15, 0.2) is 5.16 Å². The monoisotopic (exact) mass is 494 g/mol. The Kier molecular flexibility index (Phi) is 7.72. The normalized spacial score (nSPS) is 10.7. The number of carbonyl (C=O) groups is 1. The van der Waals surface area contributed by atoms with E-state index in [-0.39, 0.29) is 11.7 Å². The molecule has 0 fully saturated rings. The molecule has 0 radical (unpaired) electrons. The number of ether oxygens (including phenoxy) is 2. The Morgan fingerprint density at radius 1 is 1.00 bits per heavy atom. The molecule has 174 valence electrons. The zero-order chi connectivity index (χ0) is 23.9. The van der Waals surface area contributed by atoms with Crippen molar-refractivity contribution >= 4 is 35.0 Å². The number of hydrogen-bond acceptors (Lipinski definition) is 6. The van der Waals surface area contributed by atoms with E-state index in [0.717, 1.165) is 17.1 Å². The van der Waals surface area contributed by atoms with Gasteiger partial charge in [-0.2, -0.15) is 0 Å². The summed E-state index contributed by atoms with van der Waals surface area (Å²) in [5.41, 5.74) is 2.51. The van der Waals surface area contributed by atoms with E-state index in [9.17, 15) is 4.79 Å². The third-order valence-corrected chi connectivity index (χ3v) is 6.15. The third kappa shape index (κ3) is 5.70. The van der Waals surface area contributed by atoms with Gasteiger partial charge in [0, 0.05) is 17.5 Å². The molecule has 0 unspecified atom stereocenters. The van der Waals surface area contributed by atoms with Crippen molar-refractivity contribution in [1.29, 1.82) is 0 Å². The van der Waals surface area contributed by atoms with E-state index in [1.54, 1.807) is 32.4 Å². The van der Waals surface area contributed by atoms with Crippen LogP contribution in [0.4, 0.5) is 5.69 Å². The van der Waals surface area contributed by atoms with E-state index in [2.05, 4.69) is 15.5 Å². The number of halogens is 1. The van der Waals surface area contributed by atoms with Crippen LogP contribution >= 0.6 is 23.4 Å². The number of amides is 1. The molecule has 1 aromatic heterocycles. The molecule has 0 atom stereocenters. The summed E-state index contributed by atoms with van der Waals surface area (Å²) in [6.45, 7) is 0. The number of carbonyl (C=O) groups excluding carboxylic acids is 1. The predicted octanol–water partition coefficient (Wildman–Crippen LogP) is 5.26. The number of thioether (sulfide) groups is 1. The highest BCUT2D eigenvalue weighted by atomic mass is 35.5. The summed E-state index contributed by atoms with van der Waals surface area (Å²) in [4.78, 5) is 12.7. The van der Waals surface area contributed by atoms with E-state index in [4.69, 9.17) is 21.1 Å². The van der Waals surface area contributed by atoms with E-state index < -0.39 is 0 Å². The van der Waals surface area contributed by atoms with Gasteiger partial charge in [0.1, 0.15) is 17.3 Å². The quantitative estimate of drug-likeness (QED) is 0.320. The molecular weight excluding hydrogens is 472 g/mol. The maximum absolute atomic E-state index is 12.7. The van der Waals surface area contributed by atoms with Gasteiger partial charge in [-0.25, -0.2) is 0 Å². The van der Waals surface area contributed by atoms with E-state index in [1.165, 1.54) is 11.8 Å². The summed E-state index contributed by atoms with van der Waals surface area (Å²) in [7, 11) is 3.12. The van der Waals surface area contributed by atoms with Gasteiger partial charge < -0.3 is 14.8 Å². The first kappa shape index (κ1) is 23.7. The maximum Gasteiger partial charge on any atom is 0.234 e. The fourth-order valence-corrected chi connectivity index (χ4v) is 4.33. The molecule has 0 aliphatic heterocycles. The Morgan fingerprint density at radius 2 is 1.82 bits per heavy atom. The minimum Gasteiger partial charge on any atom is -0.497 e. The molecule has 1 heterocycles. The number of nitrogens with one attached hydrogen (secondary N) is 1. The number of hydrogen-bond donors (Lipinski definition) is 1. The van der Waals surface area contributed by atoms with Crippen LogP contribution in [-0.2, 0) is 11.2 Å². The van der Waals surface area contributed by atoms with Crippen molar-refractivity contribution in [3.63, 3.8) is 0 Å². The van der Waals surface area contributed by atoms with Gasteiger partial charge in [0.05, 0.1) is 31.3 Å². The molecule has 0 saturated carbocycles. The minimum absolute atomic E-state index is 0.138. The number of aromatic nitrogens is 3. The number of benzene rings is 3. The van der Waals surface area contributed by atoms with Crippen molar-refractivity contribution < 1.29 is 14.3 Å². The van der Waals surface area contributed by atoms with Gasteiger partial charge in [-0.05, 0) is 35.9 Å². The minimum atomic E-state index is -0.196. The van der Waals surface area contributed by atoms with Gasteiger partial charge in [-0.15, -0.1) is 10.2 Å². The van der Waals surface area contributed by atoms with Crippen LogP contribution in [0.3, 0.4) is 0 Å². The van der Waals surface area contributed by atoms with Gasteiger partial charge in [-0.1, -0.05) is 59.8 Å². The smallest absolute Gasteiger partial charge is 0.234 e. The number of methoxy groups -OCH3 is 2. The fourth-order valence-electron chi connectivity index (χ4n) is 3.38. The van der Waals surface area contributed by atoms with Crippen molar-refractivity contribution in [2.45, 2.75) is 11.6 Å². The Morgan fingerprint density at radius 3 is 2.56 bits per heavy atom. The van der Waals surface area contributed by atoms with Crippen molar-refractivity contribution in [3.05, 3.63) is 89.2 Å².